The highest BCUT2D eigenvalue weighted by atomic mass is 32.2. The fraction of sp³-hybridized carbons (Fsp3) is 0.444. The van der Waals surface area contributed by atoms with Crippen LogP contribution < -0.4 is 5.14 Å². The minimum absolute atomic E-state index is 0.0464. The van der Waals surface area contributed by atoms with Gasteiger partial charge in [-0.25, -0.2) is 13.6 Å². The van der Waals surface area contributed by atoms with Gasteiger partial charge in [0.05, 0.1) is 5.75 Å². The van der Waals surface area contributed by atoms with Crippen molar-refractivity contribution in [3.63, 3.8) is 0 Å². The molecule has 0 unspecified atom stereocenters. The second-order valence-electron chi connectivity index (χ2n) is 3.25. The first-order valence-corrected chi connectivity index (χ1v) is 6.42. The van der Waals surface area contributed by atoms with Gasteiger partial charge in [0.15, 0.2) is 0 Å². The summed E-state index contributed by atoms with van der Waals surface area (Å²) in [6.45, 7) is 0.770. The van der Waals surface area contributed by atoms with Crippen molar-refractivity contribution in [2.75, 3.05) is 12.3 Å². The fourth-order valence-corrected chi connectivity index (χ4v) is 1.78. The highest BCUT2D eigenvalue weighted by Crippen LogP contribution is 2.00. The summed E-state index contributed by atoms with van der Waals surface area (Å²) in [5, 5.41) is 4.89. The lowest BCUT2D eigenvalue weighted by Crippen LogP contribution is -2.18. The molecule has 0 saturated heterocycles. The number of hydrogen-bond donors (Lipinski definition) is 1. The standard InChI is InChI=1S/C9H15N3O2S/c10-15(13,14)9-2-1-6-12-7-3-4-11-5-8-12/h3-5,7-8H,1-2,6,9H2,(H2,10,13,14). The first-order chi connectivity index (χ1) is 7.08. The molecule has 2 N–H and O–H groups in total. The third-order valence-corrected chi connectivity index (χ3v) is 2.75. The Kier molecular flexibility index (Phi) is 4.51. The largest absolute Gasteiger partial charge is 0.353 e. The van der Waals surface area contributed by atoms with Crippen LogP contribution in [0.15, 0.2) is 29.7 Å². The lowest BCUT2D eigenvalue weighted by molar-refractivity contribution is 0.484. The van der Waals surface area contributed by atoms with Gasteiger partial charge in [-0.3, -0.25) is 4.99 Å². The van der Waals surface area contributed by atoms with Crippen LogP contribution in [0.5, 0.6) is 0 Å². The van der Waals surface area contributed by atoms with Gasteiger partial charge in [0.1, 0.15) is 0 Å². The monoisotopic (exact) mass is 229 g/mol. The van der Waals surface area contributed by atoms with Crippen LogP contribution in [0.2, 0.25) is 0 Å². The van der Waals surface area contributed by atoms with Gasteiger partial charge >= 0.3 is 0 Å². The molecule has 0 bridgehead atoms. The summed E-state index contributed by atoms with van der Waals surface area (Å²) in [5.41, 5.74) is 0. The van der Waals surface area contributed by atoms with Crippen molar-refractivity contribution in [1.29, 1.82) is 0 Å². The molecular weight excluding hydrogens is 214 g/mol. The van der Waals surface area contributed by atoms with Crippen LogP contribution in [0.25, 0.3) is 0 Å². The minimum atomic E-state index is -3.31. The Morgan fingerprint density at radius 3 is 2.80 bits per heavy atom. The highest BCUT2D eigenvalue weighted by molar-refractivity contribution is 7.89. The van der Waals surface area contributed by atoms with Gasteiger partial charge in [-0.15, -0.1) is 0 Å². The predicted octanol–water partition coefficient (Wildman–Crippen LogP) is 0.426. The SMILES string of the molecule is NS(=O)(=O)CCCCN1C=CC=NC=C1. The molecule has 0 saturated carbocycles. The maximum atomic E-state index is 10.7. The lowest BCUT2D eigenvalue weighted by Gasteiger charge is -2.13. The van der Waals surface area contributed by atoms with Gasteiger partial charge in [0.2, 0.25) is 10.0 Å². The molecule has 6 heteroatoms. The second-order valence-corrected chi connectivity index (χ2v) is 4.98. The summed E-state index contributed by atoms with van der Waals surface area (Å²) in [6.07, 6.45) is 10.3. The smallest absolute Gasteiger partial charge is 0.209 e. The number of nitrogens with zero attached hydrogens (tertiary/aromatic N) is 2. The van der Waals surface area contributed by atoms with E-state index in [2.05, 4.69) is 4.99 Å². The van der Waals surface area contributed by atoms with E-state index in [4.69, 9.17) is 5.14 Å². The maximum absolute atomic E-state index is 10.7. The molecule has 0 spiro atoms. The van der Waals surface area contributed by atoms with Gasteiger partial charge in [-0.2, -0.15) is 0 Å². The molecule has 1 aliphatic rings. The molecule has 5 nitrogen and oxygen atoms in total. The molecule has 15 heavy (non-hydrogen) atoms. The zero-order valence-electron chi connectivity index (χ0n) is 8.41. The van der Waals surface area contributed by atoms with Crippen LogP contribution in [-0.4, -0.2) is 31.8 Å². The van der Waals surface area contributed by atoms with Crippen LogP contribution in [0, 0.1) is 0 Å². The first kappa shape index (κ1) is 11.9. The zero-order chi connectivity index (χ0) is 11.1. The van der Waals surface area contributed by atoms with Crippen LogP contribution in [0.4, 0.5) is 0 Å². The normalized spacial score (nSPS) is 15.7. The van der Waals surface area contributed by atoms with E-state index >= 15 is 0 Å². The fourth-order valence-electron chi connectivity index (χ4n) is 1.17. The van der Waals surface area contributed by atoms with E-state index < -0.39 is 10.0 Å². The molecule has 0 aromatic heterocycles. The number of nitrogens with two attached hydrogens (primary N) is 1. The van der Waals surface area contributed by atoms with E-state index in [1.54, 1.807) is 12.4 Å². The average molecular weight is 229 g/mol. The molecule has 0 aromatic rings. The molecule has 0 atom stereocenters. The Morgan fingerprint density at radius 1 is 1.27 bits per heavy atom. The topological polar surface area (TPSA) is 75.8 Å². The molecule has 1 heterocycles. The summed E-state index contributed by atoms with van der Waals surface area (Å²) in [5.74, 6) is 0.0464. The average Bonchev–Trinajstić information content (AvgIpc) is 2.39. The zero-order valence-corrected chi connectivity index (χ0v) is 9.23. The van der Waals surface area contributed by atoms with Gasteiger partial charge in [0, 0.05) is 31.4 Å². The number of rotatable bonds is 5. The van der Waals surface area contributed by atoms with E-state index in [-0.39, 0.29) is 5.75 Å². The summed E-state index contributed by atoms with van der Waals surface area (Å²) in [4.78, 5) is 5.89. The summed E-state index contributed by atoms with van der Waals surface area (Å²) < 4.78 is 21.3. The highest BCUT2D eigenvalue weighted by Gasteiger charge is 2.02. The number of allylic oxidation sites excluding steroid dienone is 1. The summed E-state index contributed by atoms with van der Waals surface area (Å²) in [7, 11) is -3.31. The quantitative estimate of drug-likeness (QED) is 0.694. The Morgan fingerprint density at radius 2 is 2.07 bits per heavy atom. The molecule has 0 radical (unpaired) electrons. The third-order valence-electron chi connectivity index (χ3n) is 1.89. The van der Waals surface area contributed by atoms with Crippen molar-refractivity contribution in [2.45, 2.75) is 12.8 Å². The second kappa shape index (κ2) is 5.67. The minimum Gasteiger partial charge on any atom is -0.353 e. The van der Waals surface area contributed by atoms with Crippen molar-refractivity contribution >= 4 is 16.2 Å². The van der Waals surface area contributed by atoms with Crippen molar-refractivity contribution in [1.82, 2.24) is 4.90 Å². The van der Waals surface area contributed by atoms with E-state index in [1.807, 2.05) is 23.4 Å². The van der Waals surface area contributed by atoms with E-state index in [0.717, 1.165) is 13.0 Å². The van der Waals surface area contributed by atoms with Crippen molar-refractivity contribution in [3.05, 3.63) is 24.7 Å². The number of hydrogen-bond acceptors (Lipinski definition) is 4. The van der Waals surface area contributed by atoms with Crippen LogP contribution >= 0.6 is 0 Å². The molecular formula is C9H15N3O2S. The van der Waals surface area contributed by atoms with Gasteiger partial charge < -0.3 is 4.90 Å². The number of unbranched alkanes of at least 4 members (excludes halogenated alkanes) is 1. The Labute approximate surface area is 90.0 Å². The van der Waals surface area contributed by atoms with Crippen LogP contribution in [0.3, 0.4) is 0 Å². The Bertz CT molecular complexity index is 355. The molecule has 0 amide bonds. The third kappa shape index (κ3) is 6.03. The van der Waals surface area contributed by atoms with Gasteiger partial charge in [-0.1, -0.05) is 0 Å². The number of sulfonamides is 1. The number of primary sulfonamides is 1. The van der Waals surface area contributed by atoms with Crippen molar-refractivity contribution in [2.24, 2.45) is 10.1 Å². The Balaban J connectivity index is 2.21. The van der Waals surface area contributed by atoms with Crippen LogP contribution in [-0.2, 0) is 10.0 Å². The summed E-state index contributed by atoms with van der Waals surface area (Å²) >= 11 is 0. The molecule has 0 aliphatic carbocycles. The molecule has 1 rings (SSSR count). The molecule has 0 aromatic carbocycles. The molecule has 1 aliphatic heterocycles. The van der Waals surface area contributed by atoms with E-state index in [1.165, 1.54) is 0 Å². The van der Waals surface area contributed by atoms with E-state index in [9.17, 15) is 8.42 Å². The van der Waals surface area contributed by atoms with Crippen LogP contribution in [0.1, 0.15) is 12.8 Å². The summed E-state index contributed by atoms with van der Waals surface area (Å²) in [6, 6.07) is 0. The lowest BCUT2D eigenvalue weighted by atomic mass is 10.3. The van der Waals surface area contributed by atoms with Crippen molar-refractivity contribution in [3.8, 4) is 0 Å². The predicted molar refractivity (Wildman–Crippen MR) is 60.7 cm³/mol. The maximum Gasteiger partial charge on any atom is 0.209 e. The van der Waals surface area contributed by atoms with E-state index in [0.29, 0.717) is 6.42 Å². The number of aliphatic imine (C=N–C) groups is 1. The van der Waals surface area contributed by atoms with Crippen molar-refractivity contribution < 1.29 is 8.42 Å². The Hall–Kier alpha value is -1.14. The van der Waals surface area contributed by atoms with Gasteiger partial charge in [-0.05, 0) is 18.9 Å². The first-order valence-electron chi connectivity index (χ1n) is 4.71. The molecule has 84 valence electrons. The van der Waals surface area contributed by atoms with Gasteiger partial charge in [0.25, 0.3) is 0 Å². The molecule has 0 fully saturated rings.